The monoisotopic (exact) mass is 803 g/mol. The Balaban J connectivity index is 1.07. The van der Waals surface area contributed by atoms with Crippen molar-refractivity contribution in [1.29, 1.82) is 0 Å². The summed E-state index contributed by atoms with van der Waals surface area (Å²) in [5.74, 6) is 1.98. The first-order chi connectivity index (χ1) is 30.8. The normalized spacial score (nSPS) is 13.3. The summed E-state index contributed by atoms with van der Waals surface area (Å²) in [4.78, 5) is 16.4. The Labute approximate surface area is 361 Å². The molecule has 1 spiro atoms. The fourth-order valence-electron chi connectivity index (χ4n) is 11.0. The van der Waals surface area contributed by atoms with Gasteiger partial charge in [-0.05, 0) is 95.0 Å². The van der Waals surface area contributed by atoms with Crippen molar-refractivity contribution < 1.29 is 0 Å². The molecule has 62 heavy (non-hydrogen) atoms. The van der Waals surface area contributed by atoms with Crippen LogP contribution >= 0.6 is 11.3 Å². The topological polar surface area (TPSA) is 38.7 Å². The van der Waals surface area contributed by atoms with Crippen molar-refractivity contribution in [3.05, 3.63) is 222 Å². The van der Waals surface area contributed by atoms with Gasteiger partial charge in [0.25, 0.3) is 0 Å². The number of hydrogen-bond donors (Lipinski definition) is 0. The highest BCUT2D eigenvalue weighted by Gasteiger charge is 2.52. The lowest BCUT2D eigenvalue weighted by Crippen LogP contribution is -2.25. The number of fused-ring (bicyclic) bond motifs is 19. The van der Waals surface area contributed by atoms with Crippen molar-refractivity contribution in [2.45, 2.75) is 5.41 Å². The second-order valence-corrected chi connectivity index (χ2v) is 17.6. The average molecular weight is 804 g/mol. The largest absolute Gasteiger partial charge is 0.208 e. The van der Waals surface area contributed by atoms with Gasteiger partial charge in [-0.15, -0.1) is 11.3 Å². The van der Waals surface area contributed by atoms with Crippen LogP contribution in [-0.4, -0.2) is 15.0 Å². The van der Waals surface area contributed by atoms with Crippen LogP contribution in [0.5, 0.6) is 0 Å². The van der Waals surface area contributed by atoms with Crippen molar-refractivity contribution in [3.8, 4) is 56.4 Å². The second kappa shape index (κ2) is 12.6. The molecule has 0 unspecified atom stereocenters. The van der Waals surface area contributed by atoms with E-state index in [0.717, 1.165) is 16.7 Å². The molecule has 14 rings (SSSR count). The smallest absolute Gasteiger partial charge is 0.165 e. The minimum absolute atomic E-state index is 0.474. The molecule has 10 aromatic carbocycles. The summed E-state index contributed by atoms with van der Waals surface area (Å²) in [6.45, 7) is 0. The van der Waals surface area contributed by atoms with Gasteiger partial charge in [0, 0.05) is 36.9 Å². The van der Waals surface area contributed by atoms with E-state index in [2.05, 4.69) is 200 Å². The molecule has 0 bridgehead atoms. The summed E-state index contributed by atoms with van der Waals surface area (Å²) in [5, 5.41) is 9.81. The van der Waals surface area contributed by atoms with Gasteiger partial charge in [-0.1, -0.05) is 182 Å². The van der Waals surface area contributed by atoms with E-state index in [1.807, 2.05) is 0 Å². The van der Waals surface area contributed by atoms with Gasteiger partial charge in [0.2, 0.25) is 0 Å². The molecule has 0 atom stereocenters. The Kier molecular flexibility index (Phi) is 6.92. The third-order valence-electron chi connectivity index (χ3n) is 13.5. The number of rotatable bonds is 3. The quantitative estimate of drug-likeness (QED) is 0.167. The summed E-state index contributed by atoms with van der Waals surface area (Å²) in [6, 6.07) is 73.0. The molecule has 0 saturated carbocycles. The Hall–Kier alpha value is -7.79. The number of nitrogens with zero attached hydrogens (tertiary/aromatic N) is 3. The van der Waals surface area contributed by atoms with E-state index in [1.165, 1.54) is 97.0 Å². The Morgan fingerprint density at radius 2 is 0.758 bits per heavy atom. The molecule has 2 aliphatic rings. The molecule has 0 radical (unpaired) electrons. The van der Waals surface area contributed by atoms with Crippen molar-refractivity contribution >= 4 is 63.8 Å². The summed E-state index contributed by atoms with van der Waals surface area (Å²) in [7, 11) is 0. The maximum atomic E-state index is 5.51. The predicted octanol–water partition coefficient (Wildman–Crippen LogP) is 15.0. The van der Waals surface area contributed by atoms with Gasteiger partial charge >= 0.3 is 0 Å². The maximum absolute atomic E-state index is 5.51. The minimum atomic E-state index is -0.474. The first-order valence-electron chi connectivity index (χ1n) is 21.2. The van der Waals surface area contributed by atoms with E-state index < -0.39 is 5.41 Å². The lowest BCUT2D eigenvalue weighted by molar-refractivity contribution is 0.794. The van der Waals surface area contributed by atoms with Crippen LogP contribution in [0.3, 0.4) is 0 Å². The van der Waals surface area contributed by atoms with E-state index in [0.29, 0.717) is 17.5 Å². The number of aromatic nitrogens is 3. The second-order valence-electron chi connectivity index (χ2n) is 16.6. The van der Waals surface area contributed by atoms with E-state index in [4.69, 9.17) is 15.0 Å². The molecule has 0 aliphatic heterocycles. The molecule has 2 aromatic heterocycles. The Bertz CT molecular complexity index is 3820. The summed E-state index contributed by atoms with van der Waals surface area (Å²) >= 11 is 1.80. The van der Waals surface area contributed by atoms with Crippen LogP contribution in [0.2, 0.25) is 0 Å². The van der Waals surface area contributed by atoms with Crippen molar-refractivity contribution in [1.82, 2.24) is 15.0 Å². The van der Waals surface area contributed by atoms with Gasteiger partial charge in [0.15, 0.2) is 17.5 Å². The van der Waals surface area contributed by atoms with Crippen LogP contribution in [0.25, 0.3) is 109 Å². The maximum Gasteiger partial charge on any atom is 0.165 e. The van der Waals surface area contributed by atoms with Crippen LogP contribution in [0.1, 0.15) is 22.3 Å². The first kappa shape index (κ1) is 34.0. The first-order valence-corrected chi connectivity index (χ1v) is 22.0. The van der Waals surface area contributed by atoms with Gasteiger partial charge < -0.3 is 0 Å². The SMILES string of the molecule is c1ccc2c(c1)-c1ccccc1C21c2ccccc2-c2c(-c3nc(-c4ccc5c6ccccc6c6ccccc6c5c4)nc(-c4cccc5c4sc4ccccc45)n3)cccc21. The zero-order chi connectivity index (χ0) is 40.5. The van der Waals surface area contributed by atoms with E-state index >= 15 is 0 Å². The van der Waals surface area contributed by atoms with Gasteiger partial charge in [-0.2, -0.15) is 0 Å². The van der Waals surface area contributed by atoms with Gasteiger partial charge in [0.05, 0.1) is 5.41 Å². The van der Waals surface area contributed by atoms with Crippen LogP contribution in [0.15, 0.2) is 200 Å². The highest BCUT2D eigenvalue weighted by molar-refractivity contribution is 7.26. The lowest BCUT2D eigenvalue weighted by Gasteiger charge is -2.30. The zero-order valence-electron chi connectivity index (χ0n) is 33.3. The Morgan fingerprint density at radius 3 is 1.45 bits per heavy atom. The van der Waals surface area contributed by atoms with Crippen LogP contribution in [-0.2, 0) is 5.41 Å². The molecule has 0 fully saturated rings. The van der Waals surface area contributed by atoms with Crippen molar-refractivity contribution in [2.24, 2.45) is 0 Å². The van der Waals surface area contributed by atoms with Crippen LogP contribution < -0.4 is 0 Å². The van der Waals surface area contributed by atoms with Gasteiger partial charge in [-0.25, -0.2) is 15.0 Å². The van der Waals surface area contributed by atoms with Crippen molar-refractivity contribution in [2.75, 3.05) is 0 Å². The number of benzene rings is 10. The molecule has 2 heterocycles. The summed E-state index contributed by atoms with van der Waals surface area (Å²) in [5.41, 5.74) is 12.6. The summed E-state index contributed by atoms with van der Waals surface area (Å²) < 4.78 is 2.42. The lowest BCUT2D eigenvalue weighted by atomic mass is 9.70. The van der Waals surface area contributed by atoms with E-state index in [9.17, 15) is 0 Å². The third-order valence-corrected chi connectivity index (χ3v) is 14.8. The molecular weight excluding hydrogens is 771 g/mol. The standard InChI is InChI=1S/C58H33N3S/c1-2-17-37-35(15-1)36-16-3-4-18-38(36)47-33-34(31-32-39(37)47)55-59-56(61-57(60-55)46-25-13-23-43-42-21-8-12-30-52(42)62-54(43)46)45-24-14-29-51-53(45)44-22-7-11-28-50(44)58(51)48-26-9-5-19-40(48)41-20-6-10-27-49(41)58/h1-33H. The molecule has 0 saturated heterocycles. The average Bonchev–Trinajstić information content (AvgIpc) is 3.98. The van der Waals surface area contributed by atoms with Crippen molar-refractivity contribution in [3.63, 3.8) is 0 Å². The fraction of sp³-hybridized carbons (Fsp3) is 0.0172. The van der Waals surface area contributed by atoms with Gasteiger partial charge in [0.1, 0.15) is 0 Å². The van der Waals surface area contributed by atoms with E-state index in [-0.39, 0.29) is 0 Å². The molecular formula is C58H33N3S. The molecule has 2 aliphatic carbocycles. The molecule has 4 heteroatoms. The number of thiophene rings is 1. The van der Waals surface area contributed by atoms with Gasteiger partial charge in [-0.3, -0.25) is 0 Å². The molecule has 286 valence electrons. The fourth-order valence-corrected chi connectivity index (χ4v) is 12.3. The highest BCUT2D eigenvalue weighted by atomic mass is 32.1. The van der Waals surface area contributed by atoms with Crippen LogP contribution in [0.4, 0.5) is 0 Å². The van der Waals surface area contributed by atoms with Crippen LogP contribution in [0, 0.1) is 0 Å². The molecule has 3 nitrogen and oxygen atoms in total. The zero-order valence-corrected chi connectivity index (χ0v) is 34.1. The molecule has 0 amide bonds. The summed E-state index contributed by atoms with van der Waals surface area (Å²) in [6.07, 6.45) is 0. The highest BCUT2D eigenvalue weighted by Crippen LogP contribution is 2.63. The number of hydrogen-bond acceptors (Lipinski definition) is 4. The molecule has 12 aromatic rings. The van der Waals surface area contributed by atoms with E-state index in [1.54, 1.807) is 11.3 Å². The predicted molar refractivity (Wildman–Crippen MR) is 258 cm³/mol. The molecule has 0 N–H and O–H groups in total. The minimum Gasteiger partial charge on any atom is -0.208 e. The Morgan fingerprint density at radius 1 is 0.306 bits per heavy atom. The third kappa shape index (κ3) is 4.46.